The molecule has 0 spiro atoms. The van der Waals surface area contributed by atoms with Crippen molar-refractivity contribution in [1.29, 1.82) is 0 Å². The van der Waals surface area contributed by atoms with Crippen LogP contribution in [0.2, 0.25) is 0 Å². The van der Waals surface area contributed by atoms with Gasteiger partial charge in [-0.15, -0.1) is 0 Å². The topological polar surface area (TPSA) is 93.3 Å². The predicted octanol–water partition coefficient (Wildman–Crippen LogP) is 4.25. The maximum Gasteiger partial charge on any atom is 0.257 e. The molecule has 166 valence electrons. The third-order valence-electron chi connectivity index (χ3n) is 5.32. The fraction of sp³-hybridized carbons (Fsp3) is 0.292. The Bertz CT molecular complexity index is 1190. The number of H-pyrrole nitrogens is 1. The van der Waals surface area contributed by atoms with E-state index in [1.165, 1.54) is 17.3 Å². The molecule has 2 heterocycles. The number of benzene rings is 2. The molecule has 32 heavy (non-hydrogen) atoms. The molecule has 2 N–H and O–H groups in total. The largest absolute Gasteiger partial charge is 0.493 e. The number of hydrogen-bond acceptors (Lipinski definition) is 6. The van der Waals surface area contributed by atoms with Crippen molar-refractivity contribution in [2.24, 2.45) is 0 Å². The van der Waals surface area contributed by atoms with Gasteiger partial charge in [-0.05, 0) is 37.1 Å². The minimum atomic E-state index is -0.420. The highest BCUT2D eigenvalue weighted by Crippen LogP contribution is 2.38. The van der Waals surface area contributed by atoms with Crippen LogP contribution in [-0.4, -0.2) is 29.6 Å². The molecule has 4 rings (SSSR count). The van der Waals surface area contributed by atoms with Gasteiger partial charge in [0, 0.05) is 18.1 Å². The molecular weight excluding hydrogens is 426 g/mol. The number of aryl methyl sites for hydroxylation is 1. The summed E-state index contributed by atoms with van der Waals surface area (Å²) >= 11 is 1.42. The zero-order chi connectivity index (χ0) is 22.7. The van der Waals surface area contributed by atoms with Gasteiger partial charge in [-0.2, -0.15) is 0 Å². The molecular formula is C24H25N3O4S. The Labute approximate surface area is 190 Å². The molecule has 0 aliphatic carbocycles. The molecule has 1 aliphatic rings. The van der Waals surface area contributed by atoms with E-state index < -0.39 is 5.92 Å². The first-order valence-corrected chi connectivity index (χ1v) is 11.4. The number of methoxy groups -OCH3 is 1. The Hall–Kier alpha value is -3.26. The molecule has 1 aromatic heterocycles. The van der Waals surface area contributed by atoms with Crippen LogP contribution >= 0.6 is 11.8 Å². The van der Waals surface area contributed by atoms with E-state index in [1.54, 1.807) is 13.2 Å². The minimum Gasteiger partial charge on any atom is -0.493 e. The average molecular weight is 452 g/mol. The number of rotatable bonds is 7. The summed E-state index contributed by atoms with van der Waals surface area (Å²) < 4.78 is 11.0. The molecule has 0 saturated heterocycles. The van der Waals surface area contributed by atoms with Crippen molar-refractivity contribution in [3.8, 4) is 11.5 Å². The summed E-state index contributed by atoms with van der Waals surface area (Å²) in [6.07, 6.45) is 0.158. The van der Waals surface area contributed by atoms with Crippen LogP contribution < -0.4 is 20.3 Å². The first-order valence-electron chi connectivity index (χ1n) is 10.4. The van der Waals surface area contributed by atoms with Gasteiger partial charge in [0.25, 0.3) is 5.56 Å². The number of thioether (sulfide) groups is 1. The van der Waals surface area contributed by atoms with E-state index in [-0.39, 0.29) is 17.9 Å². The van der Waals surface area contributed by atoms with Crippen LogP contribution in [-0.2, 0) is 10.5 Å². The van der Waals surface area contributed by atoms with Crippen molar-refractivity contribution < 1.29 is 14.3 Å². The van der Waals surface area contributed by atoms with Gasteiger partial charge >= 0.3 is 0 Å². The lowest BCUT2D eigenvalue weighted by atomic mass is 9.86. The van der Waals surface area contributed by atoms with Crippen molar-refractivity contribution in [3.63, 3.8) is 0 Å². The fourth-order valence-corrected chi connectivity index (χ4v) is 4.53. The molecule has 1 amide bonds. The molecule has 1 aliphatic heterocycles. The fourth-order valence-electron chi connectivity index (χ4n) is 3.72. The number of fused-ring (bicyclic) bond motifs is 1. The number of nitrogens with one attached hydrogen (secondary N) is 2. The van der Waals surface area contributed by atoms with Crippen LogP contribution in [0, 0.1) is 6.92 Å². The van der Waals surface area contributed by atoms with Crippen LogP contribution in [0.4, 0.5) is 5.82 Å². The highest BCUT2D eigenvalue weighted by Gasteiger charge is 2.31. The molecule has 0 bridgehead atoms. The zero-order valence-electron chi connectivity index (χ0n) is 18.2. The van der Waals surface area contributed by atoms with Gasteiger partial charge in [-0.25, -0.2) is 4.98 Å². The molecule has 0 saturated carbocycles. The second kappa shape index (κ2) is 9.48. The van der Waals surface area contributed by atoms with Gasteiger partial charge in [-0.3, -0.25) is 9.59 Å². The van der Waals surface area contributed by atoms with Crippen molar-refractivity contribution in [1.82, 2.24) is 9.97 Å². The highest BCUT2D eigenvalue weighted by molar-refractivity contribution is 7.98. The average Bonchev–Trinajstić information content (AvgIpc) is 2.78. The quantitative estimate of drug-likeness (QED) is 0.412. The van der Waals surface area contributed by atoms with Crippen LogP contribution in [0.25, 0.3) is 0 Å². The molecule has 8 heteroatoms. The number of nitrogens with zero attached hydrogens (tertiary/aromatic N) is 1. The summed E-state index contributed by atoms with van der Waals surface area (Å²) in [7, 11) is 1.57. The Morgan fingerprint density at radius 1 is 1.12 bits per heavy atom. The number of aromatic nitrogens is 2. The standard InChI is InChI=1S/C24H25N3O4S/c1-4-31-19-11-16(9-10-18(19)30-3)17-12-20(28)25-22-21(17)23(29)27-24(26-22)32-13-15-7-5-14(2)6-8-15/h5-11,17H,4,12-13H2,1-3H3,(H2,25,26,27,28,29)/t17-/m0/s1. The van der Waals surface area contributed by atoms with Crippen LogP contribution in [0.5, 0.6) is 11.5 Å². The predicted molar refractivity (Wildman–Crippen MR) is 125 cm³/mol. The monoisotopic (exact) mass is 451 g/mol. The van der Waals surface area contributed by atoms with E-state index in [9.17, 15) is 9.59 Å². The normalized spacial score (nSPS) is 15.1. The van der Waals surface area contributed by atoms with Crippen LogP contribution in [0.15, 0.2) is 52.4 Å². The zero-order valence-corrected chi connectivity index (χ0v) is 19.0. The lowest BCUT2D eigenvalue weighted by molar-refractivity contribution is -0.116. The van der Waals surface area contributed by atoms with Crippen molar-refractivity contribution in [2.75, 3.05) is 19.0 Å². The number of amides is 1. The SMILES string of the molecule is CCOc1cc([C@@H]2CC(=O)Nc3nc(SCc4ccc(C)cc4)[nH]c(=O)c32)ccc1OC. The maximum atomic E-state index is 13.0. The van der Waals surface area contributed by atoms with Crippen molar-refractivity contribution >= 4 is 23.5 Å². The Balaban J connectivity index is 1.65. The molecule has 0 radical (unpaired) electrons. The summed E-state index contributed by atoms with van der Waals surface area (Å²) in [5.74, 6) is 1.56. The van der Waals surface area contributed by atoms with Gasteiger partial charge < -0.3 is 19.8 Å². The van der Waals surface area contributed by atoms with Gasteiger partial charge in [0.15, 0.2) is 16.7 Å². The van der Waals surface area contributed by atoms with Crippen molar-refractivity contribution in [3.05, 3.63) is 75.1 Å². The maximum absolute atomic E-state index is 13.0. The van der Waals surface area contributed by atoms with E-state index in [1.807, 2.05) is 26.0 Å². The van der Waals surface area contributed by atoms with Gasteiger partial charge in [0.1, 0.15) is 5.82 Å². The van der Waals surface area contributed by atoms with Gasteiger partial charge in [0.2, 0.25) is 5.91 Å². The number of aromatic amines is 1. The molecule has 7 nitrogen and oxygen atoms in total. The Morgan fingerprint density at radius 3 is 2.62 bits per heavy atom. The number of carbonyl (C=O) groups is 1. The number of hydrogen-bond donors (Lipinski definition) is 2. The Kier molecular flexibility index (Phi) is 6.50. The van der Waals surface area contributed by atoms with E-state index in [2.05, 4.69) is 39.6 Å². The summed E-state index contributed by atoms with van der Waals surface area (Å²) in [6.45, 7) is 4.41. The first-order chi connectivity index (χ1) is 15.5. The van der Waals surface area contributed by atoms with E-state index in [0.717, 1.165) is 11.1 Å². The smallest absolute Gasteiger partial charge is 0.257 e. The summed E-state index contributed by atoms with van der Waals surface area (Å²) in [5, 5.41) is 3.24. The van der Waals surface area contributed by atoms with Crippen molar-refractivity contribution in [2.45, 2.75) is 37.1 Å². The van der Waals surface area contributed by atoms with E-state index >= 15 is 0 Å². The number of ether oxygens (including phenoxy) is 2. The second-order valence-corrected chi connectivity index (χ2v) is 8.52. The summed E-state index contributed by atoms with van der Waals surface area (Å²) in [5.41, 5.74) is 3.33. The molecule has 0 unspecified atom stereocenters. The highest BCUT2D eigenvalue weighted by atomic mass is 32.2. The van der Waals surface area contributed by atoms with E-state index in [4.69, 9.17) is 9.47 Å². The summed E-state index contributed by atoms with van der Waals surface area (Å²) in [4.78, 5) is 32.9. The van der Waals surface area contributed by atoms with E-state index in [0.29, 0.717) is 40.4 Å². The third kappa shape index (κ3) is 4.65. The lowest BCUT2D eigenvalue weighted by Crippen LogP contribution is -2.31. The summed E-state index contributed by atoms with van der Waals surface area (Å²) in [6, 6.07) is 13.7. The molecule has 2 aromatic carbocycles. The molecule has 0 fully saturated rings. The van der Waals surface area contributed by atoms with Gasteiger partial charge in [-0.1, -0.05) is 47.7 Å². The first kappa shape index (κ1) is 22.0. The van der Waals surface area contributed by atoms with Gasteiger partial charge in [0.05, 0.1) is 19.3 Å². The number of anilines is 1. The third-order valence-corrected chi connectivity index (χ3v) is 6.26. The lowest BCUT2D eigenvalue weighted by Gasteiger charge is -2.25. The molecule has 1 atom stereocenters. The van der Waals surface area contributed by atoms with Crippen LogP contribution in [0.3, 0.4) is 0 Å². The molecule has 3 aromatic rings. The number of carbonyl (C=O) groups excluding carboxylic acids is 1. The minimum absolute atomic E-state index is 0.158. The second-order valence-electron chi connectivity index (χ2n) is 7.56. The van der Waals surface area contributed by atoms with Crippen LogP contribution in [0.1, 0.15) is 41.5 Å². The Morgan fingerprint density at radius 2 is 1.91 bits per heavy atom.